The molecule has 118 valence electrons. The van der Waals surface area contributed by atoms with Gasteiger partial charge in [0.25, 0.3) is 0 Å². The highest BCUT2D eigenvalue weighted by Crippen LogP contribution is 2.29. The molecule has 0 spiro atoms. The highest BCUT2D eigenvalue weighted by Gasteiger charge is 2.23. The van der Waals surface area contributed by atoms with E-state index in [1.54, 1.807) is 18.2 Å². The van der Waals surface area contributed by atoms with Crippen LogP contribution in [0.15, 0.2) is 29.2 Å². The summed E-state index contributed by atoms with van der Waals surface area (Å²) in [6.45, 7) is 3.45. The average molecular weight is 310 g/mol. The van der Waals surface area contributed by atoms with Crippen LogP contribution >= 0.6 is 0 Å². The molecule has 2 unspecified atom stereocenters. The van der Waals surface area contributed by atoms with Crippen molar-refractivity contribution < 1.29 is 8.42 Å². The number of rotatable bonds is 6. The van der Waals surface area contributed by atoms with Crippen LogP contribution in [-0.4, -0.2) is 22.0 Å². The van der Waals surface area contributed by atoms with Crippen LogP contribution in [0.5, 0.6) is 0 Å². The van der Waals surface area contributed by atoms with Crippen molar-refractivity contribution in [2.75, 3.05) is 13.6 Å². The van der Waals surface area contributed by atoms with Crippen molar-refractivity contribution in [2.45, 2.75) is 44.0 Å². The molecular formula is C16H26N2O2S. The Labute approximate surface area is 128 Å². The largest absolute Gasteiger partial charge is 0.316 e. The summed E-state index contributed by atoms with van der Waals surface area (Å²) >= 11 is 0. The Morgan fingerprint density at radius 2 is 2.00 bits per heavy atom. The lowest BCUT2D eigenvalue weighted by atomic mass is 9.81. The summed E-state index contributed by atoms with van der Waals surface area (Å²) in [6, 6.07) is 7.12. The van der Waals surface area contributed by atoms with Crippen LogP contribution in [0.3, 0.4) is 0 Å². The van der Waals surface area contributed by atoms with Crippen molar-refractivity contribution >= 4 is 10.0 Å². The third-order valence-corrected chi connectivity index (χ3v) is 5.84. The molecule has 0 heterocycles. The van der Waals surface area contributed by atoms with Crippen LogP contribution < -0.4 is 10.0 Å². The monoisotopic (exact) mass is 310 g/mol. The highest BCUT2D eigenvalue weighted by molar-refractivity contribution is 7.89. The molecular weight excluding hydrogens is 284 g/mol. The third-order valence-electron chi connectivity index (χ3n) is 4.41. The zero-order valence-corrected chi connectivity index (χ0v) is 13.7. The second-order valence-electron chi connectivity index (χ2n) is 6.05. The maximum Gasteiger partial charge on any atom is 0.240 e. The number of hydrogen-bond donors (Lipinski definition) is 2. The summed E-state index contributed by atoms with van der Waals surface area (Å²) in [5, 5.41) is 3.04. The van der Waals surface area contributed by atoms with E-state index in [2.05, 4.69) is 17.0 Å². The second kappa shape index (κ2) is 7.38. The van der Waals surface area contributed by atoms with Crippen molar-refractivity contribution in [3.63, 3.8) is 0 Å². The molecule has 21 heavy (non-hydrogen) atoms. The Morgan fingerprint density at radius 1 is 1.24 bits per heavy atom. The van der Waals surface area contributed by atoms with Gasteiger partial charge in [0.05, 0.1) is 4.90 Å². The van der Waals surface area contributed by atoms with E-state index in [9.17, 15) is 8.42 Å². The van der Waals surface area contributed by atoms with Gasteiger partial charge in [-0.2, -0.15) is 0 Å². The fourth-order valence-electron chi connectivity index (χ4n) is 3.02. The second-order valence-corrected chi connectivity index (χ2v) is 7.82. The van der Waals surface area contributed by atoms with Crippen LogP contribution in [0.1, 0.15) is 38.2 Å². The van der Waals surface area contributed by atoms with E-state index in [0.717, 1.165) is 12.0 Å². The molecule has 0 aliphatic heterocycles. The summed E-state index contributed by atoms with van der Waals surface area (Å²) < 4.78 is 27.6. The lowest BCUT2D eigenvalue weighted by Gasteiger charge is -2.28. The first-order valence-corrected chi connectivity index (χ1v) is 9.24. The van der Waals surface area contributed by atoms with E-state index < -0.39 is 10.0 Å². The SMILES string of the molecule is CNCc1cccc(S(=O)(=O)NCC2CCCCC2C)c1. The van der Waals surface area contributed by atoms with E-state index in [1.165, 1.54) is 19.3 Å². The normalized spacial score (nSPS) is 23.1. The minimum Gasteiger partial charge on any atom is -0.316 e. The Kier molecular flexibility index (Phi) is 5.79. The lowest BCUT2D eigenvalue weighted by Crippen LogP contribution is -2.33. The molecule has 2 rings (SSSR count). The fraction of sp³-hybridized carbons (Fsp3) is 0.625. The van der Waals surface area contributed by atoms with E-state index in [0.29, 0.717) is 29.8 Å². The van der Waals surface area contributed by atoms with Gasteiger partial charge in [-0.25, -0.2) is 13.1 Å². The van der Waals surface area contributed by atoms with Gasteiger partial charge in [0.1, 0.15) is 0 Å². The van der Waals surface area contributed by atoms with Crippen molar-refractivity contribution in [1.29, 1.82) is 0 Å². The minimum absolute atomic E-state index is 0.360. The Morgan fingerprint density at radius 3 is 2.71 bits per heavy atom. The van der Waals surface area contributed by atoms with E-state index in [4.69, 9.17) is 0 Å². The van der Waals surface area contributed by atoms with Crippen LogP contribution in [0.25, 0.3) is 0 Å². The maximum absolute atomic E-state index is 12.4. The Bertz CT molecular complexity index is 557. The van der Waals surface area contributed by atoms with E-state index in [1.807, 2.05) is 13.1 Å². The van der Waals surface area contributed by atoms with E-state index >= 15 is 0 Å². The van der Waals surface area contributed by atoms with Crippen LogP contribution in [0, 0.1) is 11.8 Å². The lowest BCUT2D eigenvalue weighted by molar-refractivity contribution is 0.257. The highest BCUT2D eigenvalue weighted by atomic mass is 32.2. The van der Waals surface area contributed by atoms with Gasteiger partial charge in [-0.3, -0.25) is 0 Å². The summed E-state index contributed by atoms with van der Waals surface area (Å²) in [6.07, 6.45) is 4.83. The zero-order valence-electron chi connectivity index (χ0n) is 12.9. The van der Waals surface area contributed by atoms with Gasteiger partial charge < -0.3 is 5.32 Å². The van der Waals surface area contributed by atoms with E-state index in [-0.39, 0.29) is 0 Å². The zero-order chi connectivity index (χ0) is 15.3. The van der Waals surface area contributed by atoms with Gasteiger partial charge in [-0.05, 0) is 43.0 Å². The molecule has 4 nitrogen and oxygen atoms in total. The number of nitrogens with one attached hydrogen (secondary N) is 2. The molecule has 1 aromatic carbocycles. The Balaban J connectivity index is 2.02. The van der Waals surface area contributed by atoms with Gasteiger partial charge in [0.15, 0.2) is 0 Å². The van der Waals surface area contributed by atoms with Crippen molar-refractivity contribution in [3.05, 3.63) is 29.8 Å². The molecule has 2 N–H and O–H groups in total. The molecule has 0 aromatic heterocycles. The van der Waals surface area contributed by atoms with Crippen LogP contribution in [0.2, 0.25) is 0 Å². The molecule has 5 heteroatoms. The molecule has 1 fully saturated rings. The minimum atomic E-state index is -3.40. The fourth-order valence-corrected chi connectivity index (χ4v) is 4.19. The smallest absolute Gasteiger partial charge is 0.240 e. The molecule has 1 aliphatic carbocycles. The van der Waals surface area contributed by atoms with Crippen LogP contribution in [0.4, 0.5) is 0 Å². The Hall–Kier alpha value is -0.910. The average Bonchev–Trinajstić information content (AvgIpc) is 2.47. The summed E-state index contributed by atoms with van der Waals surface area (Å²) in [7, 11) is -1.55. The summed E-state index contributed by atoms with van der Waals surface area (Å²) in [4.78, 5) is 0.360. The van der Waals surface area contributed by atoms with Crippen molar-refractivity contribution in [3.8, 4) is 0 Å². The first-order chi connectivity index (χ1) is 10.0. The van der Waals surface area contributed by atoms with Gasteiger partial charge in [0.2, 0.25) is 10.0 Å². The van der Waals surface area contributed by atoms with Crippen molar-refractivity contribution in [1.82, 2.24) is 10.0 Å². The summed E-state index contributed by atoms with van der Waals surface area (Å²) in [5.74, 6) is 1.08. The van der Waals surface area contributed by atoms with Gasteiger partial charge in [-0.15, -0.1) is 0 Å². The topological polar surface area (TPSA) is 58.2 Å². The first kappa shape index (κ1) is 16.5. The third kappa shape index (κ3) is 4.53. The molecule has 1 aromatic rings. The standard InChI is InChI=1S/C16H26N2O2S/c1-13-6-3-4-8-15(13)12-18-21(19,20)16-9-5-7-14(10-16)11-17-2/h5,7,9-10,13,15,17-18H,3-4,6,8,11-12H2,1-2H3. The van der Waals surface area contributed by atoms with Gasteiger partial charge >= 0.3 is 0 Å². The molecule has 0 saturated heterocycles. The van der Waals surface area contributed by atoms with Gasteiger partial charge in [-0.1, -0.05) is 38.3 Å². The van der Waals surface area contributed by atoms with Crippen LogP contribution in [-0.2, 0) is 16.6 Å². The predicted octanol–water partition coefficient (Wildman–Crippen LogP) is 2.51. The molecule has 1 aliphatic rings. The van der Waals surface area contributed by atoms with Gasteiger partial charge in [0, 0.05) is 13.1 Å². The molecule has 1 saturated carbocycles. The van der Waals surface area contributed by atoms with Crippen molar-refractivity contribution in [2.24, 2.45) is 11.8 Å². The molecule has 2 atom stereocenters. The molecule has 0 bridgehead atoms. The number of hydrogen-bond acceptors (Lipinski definition) is 3. The maximum atomic E-state index is 12.4. The molecule has 0 radical (unpaired) electrons. The quantitative estimate of drug-likeness (QED) is 0.849. The molecule has 0 amide bonds. The summed E-state index contributed by atoms with van der Waals surface area (Å²) in [5.41, 5.74) is 0.978. The predicted molar refractivity (Wildman–Crippen MR) is 85.5 cm³/mol. The number of benzene rings is 1. The number of sulfonamides is 1. The first-order valence-electron chi connectivity index (χ1n) is 7.76.